The summed E-state index contributed by atoms with van der Waals surface area (Å²) in [4.78, 5) is 14.2. The molecule has 5 rings (SSSR count). The smallest absolute Gasteiger partial charge is 0.226 e. The zero-order valence-electron chi connectivity index (χ0n) is 9.80. The van der Waals surface area contributed by atoms with Crippen LogP contribution in [0, 0.1) is 41.4 Å². The molecule has 5 fully saturated rings. The number of piperidine rings is 1. The first-order valence-electron chi connectivity index (χ1n) is 7.04. The first-order valence-corrected chi connectivity index (χ1v) is 7.04. The van der Waals surface area contributed by atoms with Crippen LogP contribution in [0.3, 0.4) is 0 Å². The number of hydrogen-bond donors (Lipinski definition) is 0. The average Bonchev–Trinajstić information content (AvgIpc) is 2.85. The van der Waals surface area contributed by atoms with Crippen LogP contribution in [-0.2, 0) is 4.79 Å². The fourth-order valence-electron chi connectivity index (χ4n) is 6.52. The second-order valence-corrected chi connectivity index (χ2v) is 6.98. The van der Waals surface area contributed by atoms with Crippen LogP contribution in [0.1, 0.15) is 25.7 Å². The van der Waals surface area contributed by atoms with Crippen LogP contribution >= 0.6 is 0 Å². The lowest BCUT2D eigenvalue weighted by Gasteiger charge is -2.50. The quantitative estimate of drug-likeness (QED) is 0.566. The van der Waals surface area contributed by atoms with Crippen LogP contribution in [-0.4, -0.2) is 23.9 Å². The van der Waals surface area contributed by atoms with Gasteiger partial charge in [-0.05, 0) is 61.2 Å². The number of rotatable bonds is 0. The molecule has 0 aromatic carbocycles. The summed E-state index contributed by atoms with van der Waals surface area (Å²) in [6, 6.07) is 0.638. The van der Waals surface area contributed by atoms with Crippen molar-refractivity contribution in [3.05, 3.63) is 0 Å². The molecule has 1 saturated heterocycles. The Morgan fingerprint density at radius 3 is 2.38 bits per heavy atom. The molecule has 4 aliphatic carbocycles. The minimum atomic E-state index is 0.441. The molecule has 0 aromatic rings. The van der Waals surface area contributed by atoms with E-state index >= 15 is 0 Å². The van der Waals surface area contributed by atoms with Crippen molar-refractivity contribution in [1.82, 2.24) is 4.90 Å². The SMILES string of the molecule is CN1C(=O)C2CC1C1C3CC(C4CCC43)C21. The van der Waals surface area contributed by atoms with E-state index in [0.717, 1.165) is 35.5 Å². The van der Waals surface area contributed by atoms with E-state index in [1.807, 2.05) is 7.05 Å². The predicted octanol–water partition coefficient (Wildman–Crippen LogP) is 1.76. The van der Waals surface area contributed by atoms with Crippen molar-refractivity contribution in [2.45, 2.75) is 31.7 Å². The fourth-order valence-corrected chi connectivity index (χ4v) is 6.52. The predicted molar refractivity (Wildman–Crippen MR) is 59.5 cm³/mol. The number of amides is 1. The Kier molecular flexibility index (Phi) is 1.25. The van der Waals surface area contributed by atoms with Gasteiger partial charge in [-0.1, -0.05) is 0 Å². The Bertz CT molecular complexity index is 392. The van der Waals surface area contributed by atoms with Gasteiger partial charge in [0, 0.05) is 19.0 Å². The zero-order chi connectivity index (χ0) is 10.6. The van der Waals surface area contributed by atoms with Gasteiger partial charge in [-0.25, -0.2) is 0 Å². The highest BCUT2D eigenvalue weighted by molar-refractivity contribution is 5.83. The van der Waals surface area contributed by atoms with Gasteiger partial charge in [-0.15, -0.1) is 0 Å². The monoisotopic (exact) mass is 217 g/mol. The van der Waals surface area contributed by atoms with Gasteiger partial charge in [0.05, 0.1) is 0 Å². The van der Waals surface area contributed by atoms with Crippen LogP contribution < -0.4 is 0 Å². The number of hydrogen-bond acceptors (Lipinski definition) is 1. The molecule has 5 aliphatic rings. The zero-order valence-corrected chi connectivity index (χ0v) is 9.80. The first kappa shape index (κ1) is 8.54. The molecular formula is C14H19NO. The second-order valence-electron chi connectivity index (χ2n) is 6.98. The molecule has 86 valence electrons. The molecule has 4 saturated carbocycles. The minimum Gasteiger partial charge on any atom is -0.342 e. The van der Waals surface area contributed by atoms with E-state index in [2.05, 4.69) is 4.90 Å². The van der Waals surface area contributed by atoms with Crippen molar-refractivity contribution in [3.63, 3.8) is 0 Å². The van der Waals surface area contributed by atoms with Crippen LogP contribution in [0.4, 0.5) is 0 Å². The molecule has 16 heavy (non-hydrogen) atoms. The lowest BCUT2D eigenvalue weighted by Crippen LogP contribution is -2.51. The van der Waals surface area contributed by atoms with E-state index in [-0.39, 0.29) is 0 Å². The Morgan fingerprint density at radius 2 is 1.69 bits per heavy atom. The molecule has 0 spiro atoms. The van der Waals surface area contributed by atoms with E-state index in [9.17, 15) is 4.79 Å². The lowest BCUT2D eigenvalue weighted by atomic mass is 9.58. The molecule has 2 nitrogen and oxygen atoms in total. The third-order valence-corrected chi connectivity index (χ3v) is 7.03. The number of carbonyl (C=O) groups excluding carboxylic acids is 1. The summed E-state index contributed by atoms with van der Waals surface area (Å²) in [5.74, 6) is 6.75. The normalized spacial score (nSPS) is 64.8. The summed E-state index contributed by atoms with van der Waals surface area (Å²) in [7, 11) is 2.05. The van der Waals surface area contributed by atoms with Gasteiger partial charge in [0.25, 0.3) is 0 Å². The summed E-state index contributed by atoms with van der Waals surface area (Å²) >= 11 is 0. The molecule has 0 aromatic heterocycles. The Balaban J connectivity index is 1.60. The van der Waals surface area contributed by atoms with Crippen molar-refractivity contribution in [2.24, 2.45) is 41.4 Å². The molecule has 8 unspecified atom stereocenters. The molecule has 8 atom stereocenters. The van der Waals surface area contributed by atoms with Gasteiger partial charge in [-0.2, -0.15) is 0 Å². The summed E-state index contributed by atoms with van der Waals surface area (Å²) in [6.07, 6.45) is 5.68. The summed E-state index contributed by atoms with van der Waals surface area (Å²) in [5.41, 5.74) is 0. The average molecular weight is 217 g/mol. The van der Waals surface area contributed by atoms with Crippen molar-refractivity contribution in [1.29, 1.82) is 0 Å². The topological polar surface area (TPSA) is 20.3 Å². The van der Waals surface area contributed by atoms with Gasteiger partial charge >= 0.3 is 0 Å². The maximum absolute atomic E-state index is 12.1. The Hall–Kier alpha value is -0.530. The number of carbonyl (C=O) groups is 1. The summed E-state index contributed by atoms with van der Waals surface area (Å²) < 4.78 is 0. The fraction of sp³-hybridized carbons (Fsp3) is 0.929. The highest BCUT2D eigenvalue weighted by atomic mass is 16.2. The summed E-state index contributed by atoms with van der Waals surface area (Å²) in [5, 5.41) is 0. The second kappa shape index (κ2) is 2.34. The molecule has 0 radical (unpaired) electrons. The highest BCUT2D eigenvalue weighted by Gasteiger charge is 2.70. The van der Waals surface area contributed by atoms with E-state index in [1.54, 1.807) is 0 Å². The van der Waals surface area contributed by atoms with Crippen LogP contribution in [0.5, 0.6) is 0 Å². The third-order valence-electron chi connectivity index (χ3n) is 7.03. The van der Waals surface area contributed by atoms with Crippen molar-refractivity contribution >= 4 is 5.91 Å². The molecule has 0 N–H and O–H groups in total. The maximum atomic E-state index is 12.1. The van der Waals surface area contributed by atoms with Gasteiger partial charge in [0.15, 0.2) is 0 Å². The van der Waals surface area contributed by atoms with E-state index in [4.69, 9.17) is 0 Å². The minimum absolute atomic E-state index is 0.441. The van der Waals surface area contributed by atoms with E-state index < -0.39 is 0 Å². The number of nitrogens with zero attached hydrogens (tertiary/aromatic N) is 1. The lowest BCUT2D eigenvalue weighted by molar-refractivity contribution is -0.141. The first-order chi connectivity index (χ1) is 7.77. The molecule has 4 bridgehead atoms. The van der Waals surface area contributed by atoms with Crippen LogP contribution in [0.15, 0.2) is 0 Å². The molecule has 2 heteroatoms. The van der Waals surface area contributed by atoms with E-state index in [0.29, 0.717) is 17.9 Å². The molecule has 1 heterocycles. The van der Waals surface area contributed by atoms with Crippen molar-refractivity contribution < 1.29 is 4.79 Å². The van der Waals surface area contributed by atoms with Crippen LogP contribution in [0.2, 0.25) is 0 Å². The highest BCUT2D eigenvalue weighted by Crippen LogP contribution is 2.71. The van der Waals surface area contributed by atoms with E-state index in [1.165, 1.54) is 25.7 Å². The van der Waals surface area contributed by atoms with Crippen molar-refractivity contribution in [2.75, 3.05) is 7.05 Å². The molecular weight excluding hydrogens is 198 g/mol. The maximum Gasteiger partial charge on any atom is 0.226 e. The molecule has 1 aliphatic heterocycles. The van der Waals surface area contributed by atoms with Gasteiger partial charge in [0.2, 0.25) is 5.91 Å². The van der Waals surface area contributed by atoms with Gasteiger partial charge in [-0.3, -0.25) is 4.79 Å². The van der Waals surface area contributed by atoms with Crippen molar-refractivity contribution in [3.8, 4) is 0 Å². The number of fused-ring (bicyclic) bond motifs is 12. The summed E-state index contributed by atoms with van der Waals surface area (Å²) in [6.45, 7) is 0. The van der Waals surface area contributed by atoms with Crippen LogP contribution in [0.25, 0.3) is 0 Å². The Labute approximate surface area is 96.4 Å². The Morgan fingerprint density at radius 1 is 1.00 bits per heavy atom. The standard InChI is InChI=1S/C14H19NO/c1-15-11-5-10(14(15)16)12-8-4-9(13(11)12)7-3-2-6(7)8/h6-13H,2-5H2,1H3. The van der Waals surface area contributed by atoms with Gasteiger partial charge in [0.1, 0.15) is 0 Å². The number of likely N-dealkylation sites (tertiary alicyclic amines) is 1. The van der Waals surface area contributed by atoms with Gasteiger partial charge < -0.3 is 4.90 Å². The largest absolute Gasteiger partial charge is 0.342 e. The third kappa shape index (κ3) is 0.657. The molecule has 1 amide bonds.